The number of carboxylic acids is 1. The molecule has 0 spiro atoms. The minimum atomic E-state index is -0.722. The highest BCUT2D eigenvalue weighted by molar-refractivity contribution is 8.00. The molecule has 4 rings (SSSR count). The van der Waals surface area contributed by atoms with Gasteiger partial charge in [0.1, 0.15) is 16.7 Å². The number of nitrogens with zero attached hydrogens (tertiary/aromatic N) is 3. The first-order valence-electron chi connectivity index (χ1n) is 11.0. The Labute approximate surface area is 203 Å². The largest absolute Gasteiger partial charge is 0.481 e. The highest BCUT2D eigenvalue weighted by Gasteiger charge is 2.41. The number of rotatable bonds is 7. The van der Waals surface area contributed by atoms with E-state index in [1.165, 1.54) is 11.9 Å². The number of carbonyl (C=O) groups is 1. The fourth-order valence-electron chi connectivity index (χ4n) is 4.21. The summed E-state index contributed by atoms with van der Waals surface area (Å²) in [6.45, 7) is 5.27. The predicted octanol–water partition coefficient (Wildman–Crippen LogP) is 6.31. The third kappa shape index (κ3) is 5.09. The van der Waals surface area contributed by atoms with Crippen LogP contribution in [0.15, 0.2) is 59.6 Å². The molecule has 172 valence electrons. The van der Waals surface area contributed by atoms with Crippen LogP contribution in [0, 0.1) is 12.3 Å². The quantitative estimate of drug-likeness (QED) is 0.382. The second kappa shape index (κ2) is 10.0. The van der Waals surface area contributed by atoms with Crippen LogP contribution < -0.4 is 9.62 Å². The summed E-state index contributed by atoms with van der Waals surface area (Å²) in [6, 6.07) is 17.5. The lowest BCUT2D eigenvalue weighted by molar-refractivity contribution is -0.149. The summed E-state index contributed by atoms with van der Waals surface area (Å²) in [5.41, 5.74) is 2.14. The van der Waals surface area contributed by atoms with Crippen molar-refractivity contribution in [3.8, 4) is 11.3 Å². The lowest BCUT2D eigenvalue weighted by Crippen LogP contribution is -2.47. The van der Waals surface area contributed by atoms with E-state index in [1.807, 2.05) is 68.4 Å². The van der Waals surface area contributed by atoms with Gasteiger partial charge in [-0.15, -0.1) is 0 Å². The highest BCUT2D eigenvalue weighted by atomic mass is 35.5. The minimum absolute atomic E-state index is 0.478. The molecule has 8 heteroatoms. The van der Waals surface area contributed by atoms with Gasteiger partial charge in [0, 0.05) is 30.6 Å². The lowest BCUT2D eigenvalue weighted by atomic mass is 9.77. The van der Waals surface area contributed by atoms with Gasteiger partial charge >= 0.3 is 5.97 Å². The zero-order valence-electron chi connectivity index (χ0n) is 18.7. The van der Waals surface area contributed by atoms with Crippen LogP contribution in [0.3, 0.4) is 0 Å². The Morgan fingerprint density at radius 1 is 1.18 bits per heavy atom. The Balaban J connectivity index is 1.49. The van der Waals surface area contributed by atoms with Crippen LogP contribution in [0.5, 0.6) is 0 Å². The molecule has 2 N–H and O–H groups in total. The van der Waals surface area contributed by atoms with Crippen LogP contribution in [0.25, 0.3) is 11.3 Å². The summed E-state index contributed by atoms with van der Waals surface area (Å²) in [5.74, 6) is 0.758. The van der Waals surface area contributed by atoms with Crippen molar-refractivity contribution in [2.45, 2.75) is 38.1 Å². The number of aromatic nitrogens is 2. The summed E-state index contributed by atoms with van der Waals surface area (Å²) in [5, 5.41) is 11.2. The first-order chi connectivity index (χ1) is 15.9. The van der Waals surface area contributed by atoms with E-state index >= 15 is 0 Å². The monoisotopic (exact) mass is 482 g/mol. The van der Waals surface area contributed by atoms with Crippen LogP contribution in [0.2, 0.25) is 5.02 Å². The zero-order valence-corrected chi connectivity index (χ0v) is 20.3. The maximum atomic E-state index is 11.9. The SMILES string of the molecule is CCC1(C(=O)O)CCCN(c2cccc(SNc3ccc(Cl)c(-c4ccccc4C)n3)n2)C1. The van der Waals surface area contributed by atoms with Crippen molar-refractivity contribution >= 4 is 41.2 Å². The van der Waals surface area contributed by atoms with Gasteiger partial charge in [-0.2, -0.15) is 0 Å². The van der Waals surface area contributed by atoms with Gasteiger partial charge in [-0.05, 0) is 56.0 Å². The minimum Gasteiger partial charge on any atom is -0.481 e. The highest BCUT2D eigenvalue weighted by Crippen LogP contribution is 2.36. The van der Waals surface area contributed by atoms with Crippen molar-refractivity contribution < 1.29 is 9.90 Å². The number of anilines is 2. The molecule has 1 aliphatic heterocycles. The average Bonchev–Trinajstić information content (AvgIpc) is 2.84. The summed E-state index contributed by atoms with van der Waals surface area (Å²) in [7, 11) is 0. The Morgan fingerprint density at radius 3 is 2.76 bits per heavy atom. The van der Waals surface area contributed by atoms with Crippen LogP contribution in [-0.2, 0) is 4.79 Å². The number of aliphatic carboxylic acids is 1. The Hall–Kier alpha value is -2.77. The maximum absolute atomic E-state index is 11.9. The number of hydrogen-bond donors (Lipinski definition) is 2. The summed E-state index contributed by atoms with van der Waals surface area (Å²) < 4.78 is 3.27. The van der Waals surface area contributed by atoms with Crippen molar-refractivity contribution in [3.05, 3.63) is 65.2 Å². The van der Waals surface area contributed by atoms with Crippen molar-refractivity contribution in [3.63, 3.8) is 0 Å². The average molecular weight is 483 g/mol. The Morgan fingerprint density at radius 2 is 2.00 bits per heavy atom. The molecule has 1 aromatic carbocycles. The first-order valence-corrected chi connectivity index (χ1v) is 12.2. The van der Waals surface area contributed by atoms with Crippen LogP contribution in [-0.4, -0.2) is 34.1 Å². The molecule has 1 unspecified atom stereocenters. The molecule has 33 heavy (non-hydrogen) atoms. The van der Waals surface area contributed by atoms with Gasteiger partial charge in [0.2, 0.25) is 0 Å². The first kappa shape index (κ1) is 23.4. The van der Waals surface area contributed by atoms with E-state index in [9.17, 15) is 9.90 Å². The Bertz CT molecular complexity index is 1160. The summed E-state index contributed by atoms with van der Waals surface area (Å²) in [4.78, 5) is 23.5. The molecule has 1 atom stereocenters. The van der Waals surface area contributed by atoms with Gasteiger partial charge in [0.25, 0.3) is 0 Å². The van der Waals surface area contributed by atoms with Crippen LogP contribution >= 0.6 is 23.5 Å². The number of carboxylic acid groups (broad SMARTS) is 1. The van der Waals surface area contributed by atoms with E-state index < -0.39 is 11.4 Å². The van der Waals surface area contributed by atoms with E-state index in [0.29, 0.717) is 30.2 Å². The molecule has 0 bridgehead atoms. The number of halogens is 1. The van der Waals surface area contributed by atoms with Crippen molar-refractivity contribution in [2.24, 2.45) is 5.41 Å². The Kier molecular flexibility index (Phi) is 7.10. The van der Waals surface area contributed by atoms with Crippen LogP contribution in [0.1, 0.15) is 31.7 Å². The topological polar surface area (TPSA) is 78.4 Å². The van der Waals surface area contributed by atoms with E-state index in [-0.39, 0.29) is 0 Å². The number of benzene rings is 1. The summed E-state index contributed by atoms with van der Waals surface area (Å²) in [6.07, 6.45) is 2.16. The molecular weight excluding hydrogens is 456 g/mol. The molecule has 1 saturated heterocycles. The number of pyridine rings is 2. The lowest BCUT2D eigenvalue weighted by Gasteiger charge is -2.40. The van der Waals surface area contributed by atoms with Crippen LogP contribution in [0.4, 0.5) is 11.6 Å². The zero-order chi connectivity index (χ0) is 23.4. The molecule has 0 aliphatic carbocycles. The molecule has 2 aromatic heterocycles. The number of hydrogen-bond acceptors (Lipinski definition) is 6. The predicted molar refractivity (Wildman–Crippen MR) is 135 cm³/mol. The van der Waals surface area contributed by atoms with Gasteiger partial charge in [-0.1, -0.05) is 48.9 Å². The standard InChI is InChI=1S/C25H27ClN4O2S/c1-3-25(24(31)32)14-7-15-30(16-25)21-10-6-11-22(28-21)33-29-20-13-12-19(26)23(27-20)18-9-5-4-8-17(18)2/h4-6,8-13H,3,7,14-16H2,1-2H3,(H,27,29)(H,31,32). The fraction of sp³-hybridized carbons (Fsp3) is 0.320. The van der Waals surface area contributed by atoms with Crippen molar-refractivity contribution in [1.82, 2.24) is 9.97 Å². The molecule has 1 fully saturated rings. The van der Waals surface area contributed by atoms with E-state index in [1.54, 1.807) is 0 Å². The van der Waals surface area contributed by atoms with E-state index in [2.05, 4.69) is 9.62 Å². The molecule has 0 amide bonds. The second-order valence-electron chi connectivity index (χ2n) is 8.34. The van der Waals surface area contributed by atoms with Crippen molar-refractivity contribution in [1.29, 1.82) is 0 Å². The number of piperidine rings is 1. The molecule has 6 nitrogen and oxygen atoms in total. The molecule has 0 radical (unpaired) electrons. The smallest absolute Gasteiger partial charge is 0.311 e. The molecule has 3 heterocycles. The molecular formula is C25H27ClN4O2S. The molecule has 3 aromatic rings. The third-order valence-corrected chi connectivity index (χ3v) is 7.30. The van der Waals surface area contributed by atoms with Gasteiger partial charge in [0.15, 0.2) is 0 Å². The van der Waals surface area contributed by atoms with E-state index in [0.717, 1.165) is 40.6 Å². The fourth-order valence-corrected chi connectivity index (χ4v) is 5.03. The molecule has 0 saturated carbocycles. The van der Waals surface area contributed by atoms with Gasteiger partial charge < -0.3 is 14.7 Å². The third-order valence-electron chi connectivity index (χ3n) is 6.25. The number of nitrogens with one attached hydrogen (secondary N) is 1. The van der Waals surface area contributed by atoms with Crippen molar-refractivity contribution in [2.75, 3.05) is 22.7 Å². The van der Waals surface area contributed by atoms with Gasteiger partial charge in [0.05, 0.1) is 16.1 Å². The van der Waals surface area contributed by atoms with E-state index in [4.69, 9.17) is 21.6 Å². The van der Waals surface area contributed by atoms with Gasteiger partial charge in [-0.25, -0.2) is 9.97 Å². The summed E-state index contributed by atoms with van der Waals surface area (Å²) >= 11 is 7.80. The number of aryl methyl sites for hydroxylation is 1. The molecule has 1 aliphatic rings. The second-order valence-corrected chi connectivity index (χ2v) is 9.58. The normalized spacial score (nSPS) is 18.2. The maximum Gasteiger partial charge on any atom is 0.311 e. The van der Waals surface area contributed by atoms with Gasteiger partial charge in [-0.3, -0.25) is 4.79 Å².